The van der Waals surface area contributed by atoms with Crippen molar-refractivity contribution < 1.29 is 13.2 Å². The Bertz CT molecular complexity index is 943. The number of carbonyl (C=O) groups excluding carboxylic acids is 1. The van der Waals surface area contributed by atoms with E-state index in [2.05, 4.69) is 12.2 Å². The van der Waals surface area contributed by atoms with Crippen molar-refractivity contribution in [2.75, 3.05) is 18.4 Å². The van der Waals surface area contributed by atoms with Gasteiger partial charge in [-0.1, -0.05) is 37.3 Å². The normalized spacial score (nSPS) is 19.9. The second-order valence-electron chi connectivity index (χ2n) is 8.01. The van der Waals surface area contributed by atoms with Crippen LogP contribution in [-0.2, 0) is 20.2 Å². The fourth-order valence-electron chi connectivity index (χ4n) is 3.86. The van der Waals surface area contributed by atoms with Gasteiger partial charge in [0, 0.05) is 18.8 Å². The number of nitrogens with zero attached hydrogens (tertiary/aromatic N) is 1. The number of rotatable bonds is 5. The second-order valence-corrected chi connectivity index (χ2v) is 9.95. The van der Waals surface area contributed by atoms with Crippen LogP contribution in [0.15, 0.2) is 59.5 Å². The Balaban J connectivity index is 1.46. The SMILES string of the molecule is CC1CCN(S(=O)(=O)c2ccc(NC(=O)C3(c4ccccc4)CC3)cc2)CC1. The maximum atomic E-state index is 12.8. The van der Waals surface area contributed by atoms with Gasteiger partial charge in [0.15, 0.2) is 0 Å². The van der Waals surface area contributed by atoms with Crippen molar-refractivity contribution in [3.8, 4) is 0 Å². The van der Waals surface area contributed by atoms with Crippen LogP contribution in [-0.4, -0.2) is 31.7 Å². The monoisotopic (exact) mass is 398 g/mol. The van der Waals surface area contributed by atoms with Gasteiger partial charge in [-0.2, -0.15) is 4.31 Å². The largest absolute Gasteiger partial charge is 0.325 e. The van der Waals surface area contributed by atoms with Gasteiger partial charge < -0.3 is 5.32 Å². The van der Waals surface area contributed by atoms with Crippen LogP contribution in [0.1, 0.15) is 38.2 Å². The summed E-state index contributed by atoms with van der Waals surface area (Å²) < 4.78 is 27.2. The highest BCUT2D eigenvalue weighted by molar-refractivity contribution is 7.89. The van der Waals surface area contributed by atoms with E-state index in [0.29, 0.717) is 24.7 Å². The minimum atomic E-state index is -3.47. The summed E-state index contributed by atoms with van der Waals surface area (Å²) in [5.74, 6) is 0.544. The van der Waals surface area contributed by atoms with Gasteiger partial charge in [0.1, 0.15) is 0 Å². The summed E-state index contributed by atoms with van der Waals surface area (Å²) in [4.78, 5) is 13.1. The molecule has 0 spiro atoms. The number of anilines is 1. The first-order valence-electron chi connectivity index (χ1n) is 9.89. The van der Waals surface area contributed by atoms with Gasteiger partial charge in [-0.05, 0) is 61.4 Å². The minimum Gasteiger partial charge on any atom is -0.325 e. The molecule has 5 nitrogen and oxygen atoms in total. The van der Waals surface area contributed by atoms with Gasteiger partial charge in [-0.25, -0.2) is 8.42 Å². The quantitative estimate of drug-likeness (QED) is 0.834. The number of piperidine rings is 1. The Kier molecular flexibility index (Phi) is 5.02. The molecule has 1 amide bonds. The van der Waals surface area contributed by atoms with Gasteiger partial charge in [0.05, 0.1) is 10.3 Å². The number of nitrogens with one attached hydrogen (secondary N) is 1. The van der Waals surface area contributed by atoms with Gasteiger partial charge in [-0.3, -0.25) is 4.79 Å². The zero-order valence-electron chi connectivity index (χ0n) is 16.1. The van der Waals surface area contributed by atoms with E-state index in [1.54, 1.807) is 28.6 Å². The number of amides is 1. The predicted octanol–water partition coefficient (Wildman–Crippen LogP) is 3.78. The lowest BCUT2D eigenvalue weighted by atomic mass is 9.95. The van der Waals surface area contributed by atoms with Gasteiger partial charge >= 0.3 is 0 Å². The van der Waals surface area contributed by atoms with Crippen molar-refractivity contribution in [2.24, 2.45) is 5.92 Å². The first-order valence-corrected chi connectivity index (χ1v) is 11.3. The third-order valence-electron chi connectivity index (χ3n) is 6.00. The molecule has 28 heavy (non-hydrogen) atoms. The molecular weight excluding hydrogens is 372 g/mol. The maximum Gasteiger partial charge on any atom is 0.243 e. The molecule has 0 atom stereocenters. The average molecular weight is 399 g/mol. The molecule has 2 aromatic carbocycles. The second kappa shape index (κ2) is 7.33. The lowest BCUT2D eigenvalue weighted by molar-refractivity contribution is -0.118. The van der Waals surface area contributed by atoms with E-state index in [4.69, 9.17) is 0 Å². The summed E-state index contributed by atoms with van der Waals surface area (Å²) in [5, 5.41) is 2.96. The first-order chi connectivity index (χ1) is 13.4. The summed E-state index contributed by atoms with van der Waals surface area (Å²) in [6.07, 6.45) is 3.47. The van der Waals surface area contributed by atoms with Crippen LogP contribution < -0.4 is 5.32 Å². The molecule has 0 unspecified atom stereocenters. The van der Waals surface area contributed by atoms with Crippen molar-refractivity contribution in [1.82, 2.24) is 4.31 Å². The Labute approximate surface area is 166 Å². The van der Waals surface area contributed by atoms with Gasteiger partial charge in [-0.15, -0.1) is 0 Å². The van der Waals surface area contributed by atoms with Crippen molar-refractivity contribution in [3.63, 3.8) is 0 Å². The zero-order chi connectivity index (χ0) is 19.8. The van der Waals surface area contributed by atoms with Crippen LogP contribution in [0.3, 0.4) is 0 Å². The van der Waals surface area contributed by atoms with E-state index in [1.165, 1.54) is 0 Å². The Morgan fingerprint density at radius 3 is 2.18 bits per heavy atom. The van der Waals surface area contributed by atoms with E-state index in [1.807, 2.05) is 30.3 Å². The highest BCUT2D eigenvalue weighted by atomic mass is 32.2. The highest BCUT2D eigenvalue weighted by Crippen LogP contribution is 2.48. The van der Waals surface area contributed by atoms with Crippen LogP contribution in [0.25, 0.3) is 0 Å². The third kappa shape index (κ3) is 3.59. The molecule has 1 aliphatic heterocycles. The molecule has 148 valence electrons. The molecule has 1 saturated carbocycles. The lowest BCUT2D eigenvalue weighted by Gasteiger charge is -2.29. The first kappa shape index (κ1) is 19.2. The van der Waals surface area contributed by atoms with E-state index < -0.39 is 15.4 Å². The molecule has 1 N–H and O–H groups in total. The van der Waals surface area contributed by atoms with Crippen LogP contribution in [0.4, 0.5) is 5.69 Å². The fourth-order valence-corrected chi connectivity index (χ4v) is 5.33. The number of benzene rings is 2. The third-order valence-corrected chi connectivity index (χ3v) is 7.92. The van der Waals surface area contributed by atoms with Crippen LogP contribution in [0.5, 0.6) is 0 Å². The number of sulfonamides is 1. The summed E-state index contributed by atoms with van der Waals surface area (Å²) in [6, 6.07) is 16.4. The van der Waals surface area contributed by atoms with Crippen molar-refractivity contribution in [3.05, 3.63) is 60.2 Å². The summed E-state index contributed by atoms with van der Waals surface area (Å²) in [6.45, 7) is 3.30. The molecule has 1 saturated heterocycles. The Morgan fingerprint density at radius 2 is 1.61 bits per heavy atom. The summed E-state index contributed by atoms with van der Waals surface area (Å²) >= 11 is 0. The van der Waals surface area contributed by atoms with Crippen molar-refractivity contribution >= 4 is 21.6 Å². The summed E-state index contributed by atoms with van der Waals surface area (Å²) in [5.41, 5.74) is 1.21. The van der Waals surface area contributed by atoms with Crippen LogP contribution in [0, 0.1) is 5.92 Å². The standard InChI is InChI=1S/C22H26N2O3S/c1-17-11-15-24(16-12-17)28(26,27)20-9-7-19(8-10-20)23-21(25)22(13-14-22)18-5-3-2-4-6-18/h2-10,17H,11-16H2,1H3,(H,23,25). The average Bonchev–Trinajstić information content (AvgIpc) is 3.52. The molecule has 6 heteroatoms. The molecule has 4 rings (SSSR count). The van der Waals surface area contributed by atoms with E-state index >= 15 is 0 Å². The van der Waals surface area contributed by atoms with E-state index in [9.17, 15) is 13.2 Å². The topological polar surface area (TPSA) is 66.5 Å². The van der Waals surface area contributed by atoms with Gasteiger partial charge in [0.25, 0.3) is 0 Å². The van der Waals surface area contributed by atoms with Gasteiger partial charge in [0.2, 0.25) is 15.9 Å². The molecule has 0 aromatic heterocycles. The molecule has 2 aromatic rings. The molecule has 1 heterocycles. The summed E-state index contributed by atoms with van der Waals surface area (Å²) in [7, 11) is -3.47. The molecule has 2 aliphatic rings. The van der Waals surface area contributed by atoms with E-state index in [-0.39, 0.29) is 10.8 Å². The van der Waals surface area contributed by atoms with Crippen molar-refractivity contribution in [2.45, 2.75) is 42.9 Å². The number of carbonyl (C=O) groups is 1. The molecular formula is C22H26N2O3S. The Hall–Kier alpha value is -2.18. The number of hydrogen-bond donors (Lipinski definition) is 1. The lowest BCUT2D eigenvalue weighted by Crippen LogP contribution is -2.37. The highest BCUT2D eigenvalue weighted by Gasteiger charge is 2.51. The molecule has 1 aliphatic carbocycles. The fraction of sp³-hybridized carbons (Fsp3) is 0.409. The molecule has 0 radical (unpaired) electrons. The Morgan fingerprint density at radius 1 is 1.00 bits per heavy atom. The van der Waals surface area contributed by atoms with E-state index in [0.717, 1.165) is 31.2 Å². The zero-order valence-corrected chi connectivity index (χ0v) is 16.9. The minimum absolute atomic E-state index is 0.0284. The van der Waals surface area contributed by atoms with Crippen LogP contribution >= 0.6 is 0 Å². The van der Waals surface area contributed by atoms with Crippen LogP contribution in [0.2, 0.25) is 0 Å². The van der Waals surface area contributed by atoms with Crippen molar-refractivity contribution in [1.29, 1.82) is 0 Å². The molecule has 0 bridgehead atoms. The maximum absolute atomic E-state index is 12.8. The smallest absolute Gasteiger partial charge is 0.243 e. The number of hydrogen-bond acceptors (Lipinski definition) is 3. The molecule has 2 fully saturated rings. The predicted molar refractivity (Wildman–Crippen MR) is 110 cm³/mol.